The van der Waals surface area contributed by atoms with E-state index < -0.39 is 0 Å². The summed E-state index contributed by atoms with van der Waals surface area (Å²) < 4.78 is 0. The maximum atomic E-state index is 3.35. The summed E-state index contributed by atoms with van der Waals surface area (Å²) in [5.41, 5.74) is 0. The highest BCUT2D eigenvalue weighted by Crippen LogP contribution is 2.07. The van der Waals surface area contributed by atoms with E-state index in [1.54, 1.807) is 0 Å². The van der Waals surface area contributed by atoms with Crippen LogP contribution in [-0.2, 0) is 0 Å². The number of hydrogen-bond acceptors (Lipinski definition) is 3. The predicted molar refractivity (Wildman–Crippen MR) is 52.3 cm³/mol. The van der Waals surface area contributed by atoms with E-state index in [0.717, 1.165) is 13.1 Å². The van der Waals surface area contributed by atoms with Gasteiger partial charge in [0.25, 0.3) is 0 Å². The zero-order chi connectivity index (χ0) is 7.94. The van der Waals surface area contributed by atoms with Crippen LogP contribution in [0.1, 0.15) is 6.92 Å². The summed E-state index contributed by atoms with van der Waals surface area (Å²) in [5, 5.41) is 3.35. The van der Waals surface area contributed by atoms with Crippen LogP contribution in [-0.4, -0.2) is 49.1 Å². The average Bonchev–Trinajstić information content (AvgIpc) is 2.07. The van der Waals surface area contributed by atoms with Gasteiger partial charge < -0.3 is 10.2 Å². The Hall–Kier alpha value is 0.270. The van der Waals surface area contributed by atoms with E-state index in [0.29, 0.717) is 0 Å². The first-order valence-corrected chi connectivity index (χ1v) is 5.59. The molecule has 1 aliphatic rings. The van der Waals surface area contributed by atoms with E-state index in [1.807, 2.05) is 0 Å². The highest BCUT2D eigenvalue weighted by Gasteiger charge is 2.08. The van der Waals surface area contributed by atoms with Crippen LogP contribution >= 0.6 is 11.8 Å². The van der Waals surface area contributed by atoms with Gasteiger partial charge in [0, 0.05) is 37.7 Å². The fourth-order valence-electron chi connectivity index (χ4n) is 1.24. The van der Waals surface area contributed by atoms with Crippen molar-refractivity contribution in [1.82, 2.24) is 10.2 Å². The Labute approximate surface area is 73.7 Å². The Balaban J connectivity index is 1.96. The van der Waals surface area contributed by atoms with E-state index in [2.05, 4.69) is 28.9 Å². The summed E-state index contributed by atoms with van der Waals surface area (Å²) in [4.78, 5) is 2.54. The van der Waals surface area contributed by atoms with Gasteiger partial charge in [-0.15, -0.1) is 0 Å². The number of thioether (sulfide) groups is 1. The Bertz CT molecular complexity index is 92.1. The van der Waals surface area contributed by atoms with Crippen molar-refractivity contribution in [1.29, 1.82) is 0 Å². The molecular weight excluding hydrogens is 156 g/mol. The zero-order valence-electron chi connectivity index (χ0n) is 7.31. The molecule has 66 valence electrons. The molecule has 0 saturated carbocycles. The molecule has 0 radical (unpaired) electrons. The van der Waals surface area contributed by atoms with Crippen LogP contribution in [0, 0.1) is 0 Å². The average molecular weight is 174 g/mol. The molecule has 1 N–H and O–H groups in total. The molecule has 11 heavy (non-hydrogen) atoms. The van der Waals surface area contributed by atoms with Crippen LogP contribution in [0.25, 0.3) is 0 Å². The summed E-state index contributed by atoms with van der Waals surface area (Å²) in [6.07, 6.45) is 0. The van der Waals surface area contributed by atoms with Gasteiger partial charge in [0.2, 0.25) is 0 Å². The SMILES string of the molecule is CCNCCN1CCSCC1. The number of hydrogen-bond donors (Lipinski definition) is 1. The fraction of sp³-hybridized carbons (Fsp3) is 1.00. The Morgan fingerprint density at radius 2 is 2.09 bits per heavy atom. The van der Waals surface area contributed by atoms with Gasteiger partial charge in [0.05, 0.1) is 0 Å². The third-order valence-corrected chi connectivity index (χ3v) is 2.90. The van der Waals surface area contributed by atoms with Crippen molar-refractivity contribution >= 4 is 11.8 Å². The quantitative estimate of drug-likeness (QED) is 0.630. The normalized spacial score (nSPS) is 20.5. The van der Waals surface area contributed by atoms with E-state index >= 15 is 0 Å². The second-order valence-electron chi connectivity index (χ2n) is 2.81. The van der Waals surface area contributed by atoms with Crippen LogP contribution in [0.5, 0.6) is 0 Å². The van der Waals surface area contributed by atoms with Crippen molar-refractivity contribution < 1.29 is 0 Å². The summed E-state index contributed by atoms with van der Waals surface area (Å²) in [6, 6.07) is 0. The van der Waals surface area contributed by atoms with Crippen molar-refractivity contribution in [3.8, 4) is 0 Å². The molecule has 2 nitrogen and oxygen atoms in total. The minimum Gasteiger partial charge on any atom is -0.316 e. The van der Waals surface area contributed by atoms with Gasteiger partial charge in [-0.05, 0) is 6.54 Å². The van der Waals surface area contributed by atoms with Gasteiger partial charge in [0.1, 0.15) is 0 Å². The standard InChI is InChI=1S/C8H18N2S/c1-2-9-3-4-10-5-7-11-8-6-10/h9H,2-8H2,1H3. The second kappa shape index (κ2) is 5.86. The topological polar surface area (TPSA) is 15.3 Å². The van der Waals surface area contributed by atoms with Crippen LogP contribution in [0.2, 0.25) is 0 Å². The highest BCUT2D eigenvalue weighted by molar-refractivity contribution is 7.99. The molecule has 0 spiro atoms. The highest BCUT2D eigenvalue weighted by atomic mass is 32.2. The van der Waals surface area contributed by atoms with Gasteiger partial charge in [-0.2, -0.15) is 11.8 Å². The minimum atomic E-state index is 1.10. The van der Waals surface area contributed by atoms with E-state index in [-0.39, 0.29) is 0 Å². The lowest BCUT2D eigenvalue weighted by molar-refractivity contribution is 0.302. The summed E-state index contributed by atoms with van der Waals surface area (Å²) >= 11 is 2.08. The molecule has 0 unspecified atom stereocenters. The van der Waals surface area contributed by atoms with Gasteiger partial charge in [-0.1, -0.05) is 6.92 Å². The lowest BCUT2D eigenvalue weighted by Crippen LogP contribution is -2.37. The first-order chi connectivity index (χ1) is 5.43. The fourth-order valence-corrected chi connectivity index (χ4v) is 2.22. The molecule has 0 atom stereocenters. The van der Waals surface area contributed by atoms with Gasteiger partial charge in [0.15, 0.2) is 0 Å². The van der Waals surface area contributed by atoms with Crippen LogP contribution in [0.4, 0.5) is 0 Å². The summed E-state index contributed by atoms with van der Waals surface area (Å²) in [6.45, 7) is 8.22. The Kier molecular flexibility index (Phi) is 4.99. The van der Waals surface area contributed by atoms with Crippen LogP contribution in [0.15, 0.2) is 0 Å². The van der Waals surface area contributed by atoms with E-state index in [1.165, 1.54) is 31.1 Å². The smallest absolute Gasteiger partial charge is 0.0107 e. The minimum absolute atomic E-state index is 1.10. The number of rotatable bonds is 4. The van der Waals surface area contributed by atoms with Crippen LogP contribution in [0.3, 0.4) is 0 Å². The third kappa shape index (κ3) is 3.99. The van der Waals surface area contributed by atoms with Crippen LogP contribution < -0.4 is 5.32 Å². The molecule has 0 aromatic carbocycles. The lowest BCUT2D eigenvalue weighted by Gasteiger charge is -2.25. The van der Waals surface area contributed by atoms with Crippen molar-refractivity contribution in [2.24, 2.45) is 0 Å². The van der Waals surface area contributed by atoms with Crippen molar-refractivity contribution in [3.05, 3.63) is 0 Å². The second-order valence-corrected chi connectivity index (χ2v) is 4.03. The molecule has 0 aromatic rings. The summed E-state index contributed by atoms with van der Waals surface area (Å²) in [7, 11) is 0. The number of likely N-dealkylation sites (N-methyl/N-ethyl adjacent to an activating group) is 1. The summed E-state index contributed by atoms with van der Waals surface area (Å²) in [5.74, 6) is 2.65. The molecule has 0 aliphatic carbocycles. The number of nitrogens with zero attached hydrogens (tertiary/aromatic N) is 1. The Morgan fingerprint density at radius 1 is 1.36 bits per heavy atom. The van der Waals surface area contributed by atoms with E-state index in [4.69, 9.17) is 0 Å². The Morgan fingerprint density at radius 3 is 2.73 bits per heavy atom. The maximum Gasteiger partial charge on any atom is 0.0107 e. The molecule has 0 amide bonds. The first kappa shape index (κ1) is 9.36. The predicted octanol–water partition coefficient (Wildman–Crippen LogP) is 0.645. The molecule has 1 saturated heterocycles. The van der Waals surface area contributed by atoms with Crippen molar-refractivity contribution in [3.63, 3.8) is 0 Å². The maximum absolute atomic E-state index is 3.35. The molecule has 1 rings (SSSR count). The third-order valence-electron chi connectivity index (χ3n) is 1.96. The molecule has 0 bridgehead atoms. The molecule has 1 fully saturated rings. The van der Waals surface area contributed by atoms with Gasteiger partial charge in [-0.25, -0.2) is 0 Å². The zero-order valence-corrected chi connectivity index (χ0v) is 8.12. The molecule has 1 heterocycles. The monoisotopic (exact) mass is 174 g/mol. The first-order valence-electron chi connectivity index (χ1n) is 4.44. The van der Waals surface area contributed by atoms with Crippen molar-refractivity contribution in [2.75, 3.05) is 44.2 Å². The molecule has 3 heteroatoms. The van der Waals surface area contributed by atoms with Gasteiger partial charge in [-0.3, -0.25) is 0 Å². The molecule has 0 aromatic heterocycles. The lowest BCUT2D eigenvalue weighted by atomic mass is 10.4. The van der Waals surface area contributed by atoms with Gasteiger partial charge >= 0.3 is 0 Å². The number of nitrogens with one attached hydrogen (secondary N) is 1. The largest absolute Gasteiger partial charge is 0.316 e. The molecule has 1 aliphatic heterocycles. The molecular formula is C8H18N2S. The van der Waals surface area contributed by atoms with Crippen molar-refractivity contribution in [2.45, 2.75) is 6.92 Å². The van der Waals surface area contributed by atoms with E-state index in [9.17, 15) is 0 Å².